The van der Waals surface area contributed by atoms with Crippen LogP contribution in [0, 0.1) is 0 Å². The number of nitrogens with zero attached hydrogens (tertiary/aromatic N) is 4. The van der Waals surface area contributed by atoms with E-state index in [1.54, 1.807) is 13.0 Å². The topological polar surface area (TPSA) is 94.2 Å². The smallest absolute Gasteiger partial charge is 0.232 e. The van der Waals surface area contributed by atoms with Crippen LogP contribution in [0.2, 0.25) is 0 Å². The highest BCUT2D eigenvalue weighted by atomic mass is 16.5. The molecule has 0 saturated carbocycles. The number of aromatic nitrogens is 4. The van der Waals surface area contributed by atoms with E-state index in [0.29, 0.717) is 23.3 Å². The molecule has 96 valence electrons. The van der Waals surface area contributed by atoms with Crippen molar-refractivity contribution in [2.24, 2.45) is 0 Å². The van der Waals surface area contributed by atoms with Gasteiger partial charge in [0, 0.05) is 6.07 Å². The predicted octanol–water partition coefficient (Wildman–Crippen LogP) is 1.02. The van der Waals surface area contributed by atoms with E-state index in [4.69, 9.17) is 9.26 Å². The van der Waals surface area contributed by atoms with Crippen LogP contribution in [-0.4, -0.2) is 38.4 Å². The molecule has 0 radical (unpaired) electrons. The van der Waals surface area contributed by atoms with E-state index < -0.39 is 6.10 Å². The SMILES string of the molecule is COc1cc(-c2noc(C(C)C(C)O)n2)ncn1. The Kier molecular flexibility index (Phi) is 3.52. The maximum absolute atomic E-state index is 9.46. The number of hydrogen-bond acceptors (Lipinski definition) is 7. The van der Waals surface area contributed by atoms with Crippen molar-refractivity contribution < 1.29 is 14.4 Å². The van der Waals surface area contributed by atoms with Crippen molar-refractivity contribution in [1.82, 2.24) is 20.1 Å². The Bertz CT molecular complexity index is 527. The summed E-state index contributed by atoms with van der Waals surface area (Å²) in [5, 5.41) is 13.3. The summed E-state index contributed by atoms with van der Waals surface area (Å²) in [5.41, 5.74) is 0.509. The number of rotatable bonds is 4. The zero-order valence-electron chi connectivity index (χ0n) is 10.4. The summed E-state index contributed by atoms with van der Waals surface area (Å²) >= 11 is 0. The average molecular weight is 250 g/mol. The summed E-state index contributed by atoms with van der Waals surface area (Å²) in [7, 11) is 1.52. The highest BCUT2D eigenvalue weighted by Crippen LogP contribution is 2.21. The summed E-state index contributed by atoms with van der Waals surface area (Å²) in [6.45, 7) is 3.48. The fraction of sp³-hybridized carbons (Fsp3) is 0.455. The van der Waals surface area contributed by atoms with Gasteiger partial charge in [-0.3, -0.25) is 0 Å². The monoisotopic (exact) mass is 250 g/mol. The Morgan fingerprint density at radius 3 is 2.78 bits per heavy atom. The van der Waals surface area contributed by atoms with Crippen LogP contribution < -0.4 is 4.74 Å². The first kappa shape index (κ1) is 12.4. The van der Waals surface area contributed by atoms with E-state index in [-0.39, 0.29) is 5.92 Å². The zero-order chi connectivity index (χ0) is 13.1. The van der Waals surface area contributed by atoms with Gasteiger partial charge >= 0.3 is 0 Å². The standard InChI is InChI=1S/C11H14N4O3/c1-6(7(2)16)11-14-10(15-18-11)8-4-9(17-3)13-5-12-8/h4-7,16H,1-3H3. The van der Waals surface area contributed by atoms with Gasteiger partial charge in [0.1, 0.15) is 12.0 Å². The highest BCUT2D eigenvalue weighted by Gasteiger charge is 2.20. The van der Waals surface area contributed by atoms with Crippen LogP contribution in [-0.2, 0) is 0 Å². The Morgan fingerprint density at radius 1 is 1.33 bits per heavy atom. The second-order valence-electron chi connectivity index (χ2n) is 3.93. The highest BCUT2D eigenvalue weighted by molar-refractivity contribution is 5.49. The van der Waals surface area contributed by atoms with Gasteiger partial charge in [-0.15, -0.1) is 0 Å². The van der Waals surface area contributed by atoms with E-state index in [9.17, 15) is 5.11 Å². The minimum Gasteiger partial charge on any atom is -0.481 e. The van der Waals surface area contributed by atoms with Gasteiger partial charge in [-0.25, -0.2) is 9.97 Å². The molecule has 7 nitrogen and oxygen atoms in total. The van der Waals surface area contributed by atoms with E-state index in [1.165, 1.54) is 13.4 Å². The van der Waals surface area contributed by atoms with E-state index in [1.807, 2.05) is 6.92 Å². The van der Waals surface area contributed by atoms with Crippen LogP contribution in [0.25, 0.3) is 11.5 Å². The Balaban J connectivity index is 2.29. The molecule has 0 aliphatic carbocycles. The van der Waals surface area contributed by atoms with E-state index in [0.717, 1.165) is 0 Å². The molecule has 2 unspecified atom stereocenters. The molecular formula is C11H14N4O3. The third-order valence-corrected chi connectivity index (χ3v) is 2.64. The third kappa shape index (κ3) is 2.45. The summed E-state index contributed by atoms with van der Waals surface area (Å²) in [4.78, 5) is 12.1. The van der Waals surface area contributed by atoms with Gasteiger partial charge in [0.25, 0.3) is 0 Å². The lowest BCUT2D eigenvalue weighted by Gasteiger charge is -2.07. The number of methoxy groups -OCH3 is 1. The molecule has 0 aliphatic rings. The molecule has 1 N–H and O–H groups in total. The van der Waals surface area contributed by atoms with Crippen molar-refractivity contribution >= 4 is 0 Å². The molecular weight excluding hydrogens is 236 g/mol. The van der Waals surface area contributed by atoms with Crippen molar-refractivity contribution in [1.29, 1.82) is 0 Å². The molecule has 0 bridgehead atoms. The summed E-state index contributed by atoms with van der Waals surface area (Å²) in [5.74, 6) is 0.917. The molecule has 2 aromatic heterocycles. The fourth-order valence-electron chi connectivity index (χ4n) is 1.30. The van der Waals surface area contributed by atoms with Crippen molar-refractivity contribution in [3.8, 4) is 17.4 Å². The Hall–Kier alpha value is -2.02. The summed E-state index contributed by atoms with van der Waals surface area (Å²) in [6, 6.07) is 1.61. The van der Waals surface area contributed by atoms with Gasteiger partial charge in [0.05, 0.1) is 19.1 Å². The molecule has 0 amide bonds. The molecule has 18 heavy (non-hydrogen) atoms. The molecule has 2 aromatic rings. The second-order valence-corrected chi connectivity index (χ2v) is 3.93. The van der Waals surface area contributed by atoms with Crippen molar-refractivity contribution in [2.75, 3.05) is 7.11 Å². The van der Waals surface area contributed by atoms with Crippen LogP contribution in [0.5, 0.6) is 5.88 Å². The van der Waals surface area contributed by atoms with Gasteiger partial charge in [-0.2, -0.15) is 4.98 Å². The summed E-state index contributed by atoms with van der Waals surface area (Å²) in [6.07, 6.45) is 0.806. The van der Waals surface area contributed by atoms with Crippen LogP contribution in [0.4, 0.5) is 0 Å². The normalized spacial score (nSPS) is 14.2. The molecule has 7 heteroatoms. The predicted molar refractivity (Wildman–Crippen MR) is 62.0 cm³/mol. The molecule has 0 aliphatic heterocycles. The number of ether oxygens (including phenoxy) is 1. The first-order valence-corrected chi connectivity index (χ1v) is 5.50. The second kappa shape index (κ2) is 5.09. The lowest BCUT2D eigenvalue weighted by Crippen LogP contribution is -2.11. The van der Waals surface area contributed by atoms with Crippen molar-refractivity contribution in [3.05, 3.63) is 18.3 Å². The van der Waals surface area contributed by atoms with E-state index >= 15 is 0 Å². The Morgan fingerprint density at radius 2 is 2.11 bits per heavy atom. The number of aliphatic hydroxyl groups excluding tert-OH is 1. The molecule has 0 aromatic carbocycles. The molecule has 0 saturated heterocycles. The fourth-order valence-corrected chi connectivity index (χ4v) is 1.30. The molecule has 2 heterocycles. The molecule has 0 spiro atoms. The zero-order valence-corrected chi connectivity index (χ0v) is 10.4. The largest absolute Gasteiger partial charge is 0.481 e. The lowest BCUT2D eigenvalue weighted by atomic mass is 10.1. The lowest BCUT2D eigenvalue weighted by molar-refractivity contribution is 0.151. The molecule has 0 fully saturated rings. The maximum atomic E-state index is 9.46. The quantitative estimate of drug-likeness (QED) is 0.865. The first-order valence-electron chi connectivity index (χ1n) is 5.50. The van der Waals surface area contributed by atoms with Crippen LogP contribution in [0.1, 0.15) is 25.7 Å². The van der Waals surface area contributed by atoms with Crippen LogP contribution in [0.3, 0.4) is 0 Å². The number of aliphatic hydroxyl groups is 1. The molecule has 2 atom stereocenters. The van der Waals surface area contributed by atoms with E-state index in [2.05, 4.69) is 20.1 Å². The van der Waals surface area contributed by atoms with Gasteiger partial charge < -0.3 is 14.4 Å². The van der Waals surface area contributed by atoms with Gasteiger partial charge in [0.15, 0.2) is 0 Å². The minimum atomic E-state index is -0.557. The molecule has 2 rings (SSSR count). The minimum absolute atomic E-state index is 0.227. The number of hydrogen-bond donors (Lipinski definition) is 1. The van der Waals surface area contributed by atoms with Crippen molar-refractivity contribution in [3.63, 3.8) is 0 Å². The third-order valence-electron chi connectivity index (χ3n) is 2.64. The summed E-state index contributed by atoms with van der Waals surface area (Å²) < 4.78 is 10.1. The van der Waals surface area contributed by atoms with Crippen LogP contribution in [0.15, 0.2) is 16.9 Å². The first-order chi connectivity index (χ1) is 8.61. The van der Waals surface area contributed by atoms with Gasteiger partial charge in [-0.1, -0.05) is 12.1 Å². The Labute approximate surface area is 104 Å². The van der Waals surface area contributed by atoms with Crippen molar-refractivity contribution in [2.45, 2.75) is 25.9 Å². The van der Waals surface area contributed by atoms with Gasteiger partial charge in [-0.05, 0) is 6.92 Å². The average Bonchev–Trinajstić information content (AvgIpc) is 2.87. The maximum Gasteiger partial charge on any atom is 0.232 e. The van der Waals surface area contributed by atoms with Crippen LogP contribution >= 0.6 is 0 Å². The van der Waals surface area contributed by atoms with Gasteiger partial charge in [0.2, 0.25) is 17.6 Å².